The molecule has 0 N–H and O–H groups in total. The summed E-state index contributed by atoms with van der Waals surface area (Å²) in [7, 11) is 2.21. The highest BCUT2D eigenvalue weighted by molar-refractivity contribution is 6.03. The molecule has 5 heteroatoms. The van der Waals surface area contributed by atoms with Crippen molar-refractivity contribution in [2.75, 3.05) is 13.7 Å². The molecule has 0 radical (unpaired) electrons. The molecular weight excluding hydrogens is 340 g/mol. The zero-order valence-corrected chi connectivity index (χ0v) is 16.2. The maximum absolute atomic E-state index is 13.0. The van der Waals surface area contributed by atoms with E-state index in [-0.39, 0.29) is 12.1 Å². The van der Waals surface area contributed by atoms with Crippen LogP contribution in [0.4, 0.5) is 0 Å². The van der Waals surface area contributed by atoms with Crippen LogP contribution < -0.4 is 4.74 Å². The van der Waals surface area contributed by atoms with Crippen molar-refractivity contribution in [1.82, 2.24) is 9.88 Å². The number of para-hydroxylation sites is 1. The Morgan fingerprint density at radius 1 is 1.22 bits per heavy atom. The van der Waals surface area contributed by atoms with Gasteiger partial charge in [0, 0.05) is 36.4 Å². The van der Waals surface area contributed by atoms with E-state index in [2.05, 4.69) is 16.9 Å². The van der Waals surface area contributed by atoms with E-state index >= 15 is 0 Å². The van der Waals surface area contributed by atoms with E-state index in [9.17, 15) is 4.79 Å². The number of hydrogen-bond acceptors (Lipinski definition) is 5. The Kier molecular flexibility index (Phi) is 5.30. The van der Waals surface area contributed by atoms with Crippen LogP contribution in [0.15, 0.2) is 30.3 Å². The van der Waals surface area contributed by atoms with Gasteiger partial charge in [-0.1, -0.05) is 31.5 Å². The van der Waals surface area contributed by atoms with Crippen molar-refractivity contribution in [3.8, 4) is 5.88 Å². The molecule has 2 aliphatic heterocycles. The van der Waals surface area contributed by atoms with Gasteiger partial charge in [0.2, 0.25) is 5.88 Å². The Hall–Kier alpha value is -2.14. The predicted octanol–water partition coefficient (Wildman–Crippen LogP) is 4.20. The molecule has 2 saturated heterocycles. The van der Waals surface area contributed by atoms with E-state index in [1.807, 2.05) is 31.2 Å². The minimum Gasteiger partial charge on any atom is -0.478 e. The summed E-state index contributed by atoms with van der Waals surface area (Å²) in [5.41, 5.74) is 1.31. The van der Waals surface area contributed by atoms with Gasteiger partial charge in [-0.15, -0.1) is 0 Å². The molecule has 2 bridgehead atoms. The van der Waals surface area contributed by atoms with Gasteiger partial charge in [-0.25, -0.2) is 9.78 Å². The molecule has 2 atom stereocenters. The second-order valence-electron chi connectivity index (χ2n) is 7.78. The first-order valence-electron chi connectivity index (χ1n) is 10.1. The number of fused-ring (bicyclic) bond motifs is 3. The molecule has 2 fully saturated rings. The average Bonchev–Trinajstić information content (AvgIpc) is 2.66. The van der Waals surface area contributed by atoms with Crippen LogP contribution in [0.2, 0.25) is 0 Å². The number of esters is 1. The highest BCUT2D eigenvalue weighted by Crippen LogP contribution is 2.34. The number of ether oxygens (including phenoxy) is 2. The van der Waals surface area contributed by atoms with Crippen molar-refractivity contribution in [3.05, 3.63) is 35.9 Å². The average molecular weight is 368 g/mol. The number of piperidine rings is 2. The molecular formula is C22H28N2O3. The number of carbonyl (C=O) groups is 1. The standard InChI is InChI=1S/C22H28N2O3/c1-3-11-26-21-14-19(18-9-4-5-10-20(18)23-21)22(25)27-17-12-15-7-6-8-16(13-17)24(15)2/h4-5,9-10,14-17H,3,6-8,11-13H2,1-2H3. The minimum absolute atomic E-state index is 0.00376. The van der Waals surface area contributed by atoms with Gasteiger partial charge in [0.15, 0.2) is 0 Å². The van der Waals surface area contributed by atoms with Crippen molar-refractivity contribution in [2.24, 2.45) is 0 Å². The van der Waals surface area contributed by atoms with Gasteiger partial charge < -0.3 is 14.4 Å². The van der Waals surface area contributed by atoms with E-state index in [4.69, 9.17) is 9.47 Å². The first-order valence-corrected chi connectivity index (χ1v) is 10.1. The molecule has 0 spiro atoms. The lowest BCUT2D eigenvalue weighted by Gasteiger charge is -2.46. The Morgan fingerprint density at radius 3 is 2.70 bits per heavy atom. The number of nitrogens with zero attached hydrogens (tertiary/aromatic N) is 2. The minimum atomic E-state index is -0.262. The summed E-state index contributed by atoms with van der Waals surface area (Å²) in [6.45, 7) is 2.63. The molecule has 0 aliphatic carbocycles. The Balaban J connectivity index is 1.56. The van der Waals surface area contributed by atoms with E-state index in [1.165, 1.54) is 19.3 Å². The van der Waals surface area contributed by atoms with Gasteiger partial charge in [0.1, 0.15) is 6.10 Å². The predicted molar refractivity (Wildman–Crippen MR) is 105 cm³/mol. The normalized spacial score (nSPS) is 25.3. The highest BCUT2D eigenvalue weighted by atomic mass is 16.5. The molecule has 4 rings (SSSR count). The van der Waals surface area contributed by atoms with Gasteiger partial charge in [-0.2, -0.15) is 0 Å². The molecule has 3 heterocycles. The van der Waals surface area contributed by atoms with Crippen LogP contribution in [0, 0.1) is 0 Å². The zero-order valence-electron chi connectivity index (χ0n) is 16.2. The first-order chi connectivity index (χ1) is 13.2. The topological polar surface area (TPSA) is 51.7 Å². The van der Waals surface area contributed by atoms with Crippen molar-refractivity contribution >= 4 is 16.9 Å². The van der Waals surface area contributed by atoms with E-state index in [0.717, 1.165) is 30.2 Å². The molecule has 144 valence electrons. The Morgan fingerprint density at radius 2 is 1.96 bits per heavy atom. The summed E-state index contributed by atoms with van der Waals surface area (Å²) in [4.78, 5) is 20.0. The second kappa shape index (κ2) is 7.85. The van der Waals surface area contributed by atoms with E-state index in [0.29, 0.717) is 30.1 Å². The molecule has 2 aromatic rings. The SMILES string of the molecule is CCCOc1cc(C(=O)OC2CC3CCCC(C2)N3C)c2ccccc2n1. The Bertz CT molecular complexity index is 808. The summed E-state index contributed by atoms with van der Waals surface area (Å²) in [5.74, 6) is 0.227. The second-order valence-corrected chi connectivity index (χ2v) is 7.78. The maximum Gasteiger partial charge on any atom is 0.339 e. The third-order valence-electron chi connectivity index (χ3n) is 5.94. The summed E-state index contributed by atoms with van der Waals surface area (Å²) >= 11 is 0. The Labute approximate surface area is 160 Å². The van der Waals surface area contributed by atoms with E-state index in [1.54, 1.807) is 6.07 Å². The van der Waals surface area contributed by atoms with Crippen molar-refractivity contribution in [1.29, 1.82) is 0 Å². The van der Waals surface area contributed by atoms with Crippen molar-refractivity contribution in [3.63, 3.8) is 0 Å². The van der Waals surface area contributed by atoms with Crippen LogP contribution in [-0.4, -0.2) is 47.7 Å². The van der Waals surface area contributed by atoms with Gasteiger partial charge in [0.05, 0.1) is 17.7 Å². The quantitative estimate of drug-likeness (QED) is 0.741. The molecule has 0 amide bonds. The van der Waals surface area contributed by atoms with Crippen molar-refractivity contribution < 1.29 is 14.3 Å². The van der Waals surface area contributed by atoms with Gasteiger partial charge in [-0.3, -0.25) is 0 Å². The summed E-state index contributed by atoms with van der Waals surface area (Å²) in [6, 6.07) is 10.5. The first kappa shape index (κ1) is 18.2. The molecule has 1 aromatic carbocycles. The molecule has 27 heavy (non-hydrogen) atoms. The van der Waals surface area contributed by atoms with Crippen LogP contribution in [0.5, 0.6) is 5.88 Å². The largest absolute Gasteiger partial charge is 0.478 e. The molecule has 0 saturated carbocycles. The van der Waals surface area contributed by atoms with Gasteiger partial charge in [-0.05, 0) is 32.4 Å². The fourth-order valence-electron chi connectivity index (χ4n) is 4.48. The number of benzene rings is 1. The van der Waals surface area contributed by atoms with Crippen LogP contribution in [0.25, 0.3) is 10.9 Å². The number of pyridine rings is 1. The summed E-state index contributed by atoms with van der Waals surface area (Å²) < 4.78 is 11.7. The highest BCUT2D eigenvalue weighted by Gasteiger charge is 2.37. The lowest BCUT2D eigenvalue weighted by Crippen LogP contribution is -2.52. The molecule has 5 nitrogen and oxygen atoms in total. The fourth-order valence-corrected chi connectivity index (χ4v) is 4.48. The van der Waals surface area contributed by atoms with Crippen LogP contribution in [0.1, 0.15) is 55.8 Å². The van der Waals surface area contributed by atoms with Crippen LogP contribution in [-0.2, 0) is 4.74 Å². The summed E-state index contributed by atoms with van der Waals surface area (Å²) in [5, 5.41) is 0.819. The maximum atomic E-state index is 13.0. The number of rotatable bonds is 5. The molecule has 2 aliphatic rings. The van der Waals surface area contributed by atoms with Gasteiger partial charge >= 0.3 is 5.97 Å². The number of hydrogen-bond donors (Lipinski definition) is 0. The van der Waals surface area contributed by atoms with Crippen LogP contribution >= 0.6 is 0 Å². The van der Waals surface area contributed by atoms with Gasteiger partial charge in [0.25, 0.3) is 0 Å². The number of aromatic nitrogens is 1. The van der Waals surface area contributed by atoms with Crippen LogP contribution in [0.3, 0.4) is 0 Å². The zero-order chi connectivity index (χ0) is 18.8. The smallest absolute Gasteiger partial charge is 0.339 e. The molecule has 2 unspecified atom stereocenters. The molecule has 1 aromatic heterocycles. The van der Waals surface area contributed by atoms with E-state index < -0.39 is 0 Å². The number of carbonyl (C=O) groups excluding carboxylic acids is 1. The van der Waals surface area contributed by atoms with Crippen molar-refractivity contribution in [2.45, 2.75) is 63.6 Å². The monoisotopic (exact) mass is 368 g/mol. The lowest BCUT2D eigenvalue weighted by molar-refractivity contribution is -0.0317. The fraction of sp³-hybridized carbons (Fsp3) is 0.545. The lowest BCUT2D eigenvalue weighted by atomic mass is 9.83. The summed E-state index contributed by atoms with van der Waals surface area (Å²) in [6.07, 6.45) is 6.45. The third-order valence-corrected chi connectivity index (χ3v) is 5.94. The third kappa shape index (κ3) is 3.79.